The van der Waals surface area contributed by atoms with Gasteiger partial charge in [0.05, 0.1) is 0 Å². The second-order valence-electron chi connectivity index (χ2n) is 7.04. The highest BCUT2D eigenvalue weighted by Gasteiger charge is 2.25. The normalized spacial score (nSPS) is 23.5. The number of hydrogen-bond donors (Lipinski definition) is 4. The van der Waals surface area contributed by atoms with Crippen LogP contribution < -0.4 is 21.5 Å². The van der Waals surface area contributed by atoms with Crippen molar-refractivity contribution in [1.82, 2.24) is 21.5 Å². The van der Waals surface area contributed by atoms with E-state index in [1.54, 1.807) is 0 Å². The average molecular weight is 344 g/mol. The highest BCUT2D eigenvalue weighted by atomic mass is 16.2. The Morgan fingerprint density at radius 3 is 2.48 bits per heavy atom. The van der Waals surface area contributed by atoms with Crippen LogP contribution >= 0.6 is 0 Å². The summed E-state index contributed by atoms with van der Waals surface area (Å²) in [6.45, 7) is 0.569. The van der Waals surface area contributed by atoms with Crippen LogP contribution in [0.3, 0.4) is 0 Å². The Kier molecular flexibility index (Phi) is 6.42. The standard InChI is InChI=1S/C19H28N4O2/c24-18(10-11-19(25)21-15-8-4-5-9-15)20-13-16-12-17(23-22-16)14-6-2-1-3-7-14/h1-3,6-7,15-17,22-23H,4-5,8-13H2,(H,20,24)(H,21,25). The van der Waals surface area contributed by atoms with Gasteiger partial charge in [0.1, 0.15) is 0 Å². The van der Waals surface area contributed by atoms with Crippen LogP contribution in [0.2, 0.25) is 0 Å². The first-order chi connectivity index (χ1) is 12.2. The molecular weight excluding hydrogens is 316 g/mol. The van der Waals surface area contributed by atoms with E-state index in [1.165, 1.54) is 18.4 Å². The Bertz CT molecular complexity index is 572. The topological polar surface area (TPSA) is 82.3 Å². The zero-order valence-electron chi connectivity index (χ0n) is 14.6. The maximum atomic E-state index is 12.0. The third-order valence-corrected chi connectivity index (χ3v) is 5.03. The summed E-state index contributed by atoms with van der Waals surface area (Å²) in [6, 6.07) is 11.0. The van der Waals surface area contributed by atoms with Gasteiger partial charge >= 0.3 is 0 Å². The van der Waals surface area contributed by atoms with Gasteiger partial charge in [0, 0.05) is 37.5 Å². The summed E-state index contributed by atoms with van der Waals surface area (Å²) < 4.78 is 0. The molecule has 3 rings (SSSR count). The Hall–Kier alpha value is -1.92. The SMILES string of the molecule is O=C(CCC(=O)NC1CCCC1)NCC1CC(c2ccccc2)NN1. The minimum atomic E-state index is -0.0634. The van der Waals surface area contributed by atoms with Crippen molar-refractivity contribution in [2.24, 2.45) is 0 Å². The molecule has 2 fully saturated rings. The van der Waals surface area contributed by atoms with Crippen molar-refractivity contribution in [2.75, 3.05) is 6.54 Å². The third-order valence-electron chi connectivity index (χ3n) is 5.03. The number of carbonyl (C=O) groups excluding carboxylic acids is 2. The van der Waals surface area contributed by atoms with Crippen LogP contribution in [-0.4, -0.2) is 30.4 Å². The van der Waals surface area contributed by atoms with E-state index in [-0.39, 0.29) is 36.7 Å². The summed E-state index contributed by atoms with van der Waals surface area (Å²) in [6.07, 6.45) is 5.97. The molecule has 25 heavy (non-hydrogen) atoms. The molecule has 2 aliphatic rings. The number of hydrazine groups is 1. The van der Waals surface area contributed by atoms with Crippen LogP contribution in [0, 0.1) is 0 Å². The molecule has 1 aromatic carbocycles. The molecule has 1 saturated heterocycles. The summed E-state index contributed by atoms with van der Waals surface area (Å²) >= 11 is 0. The first-order valence-corrected chi connectivity index (χ1v) is 9.33. The number of carbonyl (C=O) groups is 2. The van der Waals surface area contributed by atoms with Gasteiger partial charge in [-0.1, -0.05) is 43.2 Å². The molecule has 136 valence electrons. The van der Waals surface area contributed by atoms with Gasteiger partial charge in [0.15, 0.2) is 0 Å². The fourth-order valence-electron chi connectivity index (χ4n) is 3.58. The monoisotopic (exact) mass is 344 g/mol. The molecule has 1 aromatic rings. The van der Waals surface area contributed by atoms with E-state index in [0.717, 1.165) is 19.3 Å². The summed E-state index contributed by atoms with van der Waals surface area (Å²) in [5.74, 6) is -0.0709. The lowest BCUT2D eigenvalue weighted by Crippen LogP contribution is -2.40. The largest absolute Gasteiger partial charge is 0.354 e. The molecular formula is C19H28N4O2. The molecule has 0 bridgehead atoms. The minimum absolute atomic E-state index is 0.00755. The summed E-state index contributed by atoms with van der Waals surface area (Å²) in [7, 11) is 0. The van der Waals surface area contributed by atoms with E-state index in [9.17, 15) is 9.59 Å². The van der Waals surface area contributed by atoms with Gasteiger partial charge in [-0.3, -0.25) is 15.0 Å². The highest BCUT2D eigenvalue weighted by Crippen LogP contribution is 2.21. The molecule has 0 spiro atoms. The Morgan fingerprint density at radius 1 is 1.00 bits per heavy atom. The first kappa shape index (κ1) is 17.9. The van der Waals surface area contributed by atoms with Gasteiger partial charge in [-0.15, -0.1) is 0 Å². The van der Waals surface area contributed by atoms with Crippen LogP contribution in [0.15, 0.2) is 30.3 Å². The van der Waals surface area contributed by atoms with Crippen LogP contribution in [0.5, 0.6) is 0 Å². The molecule has 4 N–H and O–H groups in total. The van der Waals surface area contributed by atoms with Crippen LogP contribution in [0.25, 0.3) is 0 Å². The second kappa shape index (κ2) is 8.97. The summed E-state index contributed by atoms with van der Waals surface area (Å²) in [5.41, 5.74) is 7.74. The van der Waals surface area contributed by atoms with Crippen molar-refractivity contribution in [1.29, 1.82) is 0 Å². The molecule has 0 aromatic heterocycles. The Balaban J connectivity index is 1.31. The van der Waals surface area contributed by atoms with Crippen molar-refractivity contribution < 1.29 is 9.59 Å². The zero-order chi connectivity index (χ0) is 17.5. The van der Waals surface area contributed by atoms with Crippen molar-refractivity contribution in [3.63, 3.8) is 0 Å². The molecule has 1 aliphatic heterocycles. The predicted molar refractivity (Wildman–Crippen MR) is 96.5 cm³/mol. The number of benzene rings is 1. The van der Waals surface area contributed by atoms with E-state index in [2.05, 4.69) is 33.6 Å². The van der Waals surface area contributed by atoms with E-state index in [4.69, 9.17) is 0 Å². The highest BCUT2D eigenvalue weighted by molar-refractivity contribution is 5.83. The summed E-state index contributed by atoms with van der Waals surface area (Å²) in [5, 5.41) is 5.94. The van der Waals surface area contributed by atoms with Gasteiger partial charge in [-0.05, 0) is 24.8 Å². The van der Waals surface area contributed by atoms with Crippen molar-refractivity contribution >= 4 is 11.8 Å². The van der Waals surface area contributed by atoms with Crippen molar-refractivity contribution in [3.8, 4) is 0 Å². The molecule has 0 radical (unpaired) electrons. The number of rotatable bonds is 7. The third kappa shape index (κ3) is 5.54. The van der Waals surface area contributed by atoms with Crippen molar-refractivity contribution in [3.05, 3.63) is 35.9 Å². The summed E-state index contributed by atoms with van der Waals surface area (Å²) in [4.78, 5) is 23.8. The molecule has 2 amide bonds. The lowest BCUT2D eigenvalue weighted by Gasteiger charge is -2.13. The predicted octanol–water partition coefficient (Wildman–Crippen LogP) is 1.55. The second-order valence-corrected chi connectivity index (χ2v) is 7.04. The van der Waals surface area contributed by atoms with E-state index in [0.29, 0.717) is 12.6 Å². The smallest absolute Gasteiger partial charge is 0.220 e. The van der Waals surface area contributed by atoms with E-state index < -0.39 is 0 Å². The molecule has 2 atom stereocenters. The molecule has 2 unspecified atom stereocenters. The maximum absolute atomic E-state index is 12.0. The zero-order valence-corrected chi connectivity index (χ0v) is 14.6. The maximum Gasteiger partial charge on any atom is 0.220 e. The fourth-order valence-corrected chi connectivity index (χ4v) is 3.58. The average Bonchev–Trinajstić information content (AvgIpc) is 3.31. The van der Waals surface area contributed by atoms with Gasteiger partial charge in [0.25, 0.3) is 0 Å². The van der Waals surface area contributed by atoms with E-state index in [1.807, 2.05) is 18.2 Å². The quantitative estimate of drug-likeness (QED) is 0.605. The number of hydrogen-bond acceptors (Lipinski definition) is 4. The Labute approximate surface area is 149 Å². The van der Waals surface area contributed by atoms with Crippen LogP contribution in [0.1, 0.15) is 56.6 Å². The van der Waals surface area contributed by atoms with Crippen LogP contribution in [-0.2, 0) is 9.59 Å². The van der Waals surface area contributed by atoms with E-state index >= 15 is 0 Å². The molecule has 1 saturated carbocycles. The number of amides is 2. The molecule has 1 heterocycles. The first-order valence-electron chi connectivity index (χ1n) is 9.33. The molecule has 6 heteroatoms. The van der Waals surface area contributed by atoms with Gasteiger partial charge < -0.3 is 10.6 Å². The Morgan fingerprint density at radius 2 is 1.72 bits per heavy atom. The minimum Gasteiger partial charge on any atom is -0.354 e. The van der Waals surface area contributed by atoms with Gasteiger partial charge in [0.2, 0.25) is 11.8 Å². The van der Waals surface area contributed by atoms with Gasteiger partial charge in [-0.25, -0.2) is 5.43 Å². The van der Waals surface area contributed by atoms with Crippen molar-refractivity contribution in [2.45, 2.75) is 63.1 Å². The lowest BCUT2D eigenvalue weighted by atomic mass is 10.0. The molecule has 1 aliphatic carbocycles. The fraction of sp³-hybridized carbons (Fsp3) is 0.579. The number of nitrogens with one attached hydrogen (secondary N) is 4. The van der Waals surface area contributed by atoms with Gasteiger partial charge in [-0.2, -0.15) is 0 Å². The van der Waals surface area contributed by atoms with Crippen LogP contribution in [0.4, 0.5) is 0 Å². The lowest BCUT2D eigenvalue weighted by molar-refractivity contribution is -0.126. The molecule has 6 nitrogen and oxygen atoms in total.